The Labute approximate surface area is 145 Å². The number of nitrogens with two attached hydrogens (primary N) is 1. The predicted octanol–water partition coefficient (Wildman–Crippen LogP) is 4.21. The van der Waals surface area contributed by atoms with Crippen LogP contribution in [0.15, 0.2) is 54.9 Å². The first kappa shape index (κ1) is 17.0. The maximum atomic E-state index is 5.58. The summed E-state index contributed by atoms with van der Waals surface area (Å²) in [4.78, 5) is 6.57. The van der Waals surface area contributed by atoms with E-state index in [1.54, 1.807) is 0 Å². The fourth-order valence-electron chi connectivity index (χ4n) is 3.40. The van der Waals surface area contributed by atoms with Crippen LogP contribution in [0, 0.1) is 5.92 Å². The molecule has 24 heavy (non-hydrogen) atoms. The molecule has 2 aliphatic rings. The van der Waals surface area contributed by atoms with Gasteiger partial charge in [-0.3, -0.25) is 4.98 Å². The molecule has 1 saturated carbocycles. The topological polar surface area (TPSA) is 42.1 Å². The molecule has 0 radical (unpaired) electrons. The fourth-order valence-corrected chi connectivity index (χ4v) is 3.40. The van der Waals surface area contributed by atoms with Crippen LogP contribution in [-0.2, 0) is 0 Å². The highest BCUT2D eigenvalue weighted by Gasteiger charge is 2.22. The second-order valence-corrected chi connectivity index (χ2v) is 6.90. The van der Waals surface area contributed by atoms with Crippen LogP contribution in [0.3, 0.4) is 0 Å². The molecule has 0 atom stereocenters. The SMILES string of the molecule is NCCC1CCN(c2cccnc2)CC1.c1ccc(C2CC2)cc1. The summed E-state index contributed by atoms with van der Waals surface area (Å²) in [7, 11) is 0. The van der Waals surface area contributed by atoms with Crippen molar-refractivity contribution in [1.82, 2.24) is 4.98 Å². The fraction of sp³-hybridized carbons (Fsp3) is 0.476. The van der Waals surface area contributed by atoms with Crippen LogP contribution in [-0.4, -0.2) is 24.6 Å². The molecule has 4 rings (SSSR count). The highest BCUT2D eigenvalue weighted by molar-refractivity contribution is 5.43. The molecule has 2 heterocycles. The Bertz CT molecular complexity index is 573. The van der Waals surface area contributed by atoms with Gasteiger partial charge in [0.2, 0.25) is 0 Å². The molecule has 2 N–H and O–H groups in total. The van der Waals surface area contributed by atoms with E-state index >= 15 is 0 Å². The molecule has 1 aromatic carbocycles. The monoisotopic (exact) mass is 323 g/mol. The summed E-state index contributed by atoms with van der Waals surface area (Å²) in [5.41, 5.74) is 8.36. The lowest BCUT2D eigenvalue weighted by Gasteiger charge is -2.33. The number of benzene rings is 1. The van der Waals surface area contributed by atoms with Gasteiger partial charge < -0.3 is 10.6 Å². The van der Waals surface area contributed by atoms with Gasteiger partial charge in [0.05, 0.1) is 11.9 Å². The summed E-state index contributed by atoms with van der Waals surface area (Å²) in [5.74, 6) is 1.74. The summed E-state index contributed by atoms with van der Waals surface area (Å²) >= 11 is 0. The van der Waals surface area contributed by atoms with Crippen molar-refractivity contribution in [2.75, 3.05) is 24.5 Å². The van der Waals surface area contributed by atoms with E-state index in [1.807, 2.05) is 18.5 Å². The molecular weight excluding hydrogens is 294 g/mol. The third-order valence-electron chi connectivity index (χ3n) is 5.05. The van der Waals surface area contributed by atoms with Crippen LogP contribution in [0.5, 0.6) is 0 Å². The number of rotatable bonds is 4. The van der Waals surface area contributed by atoms with Gasteiger partial charge in [-0.05, 0) is 68.2 Å². The van der Waals surface area contributed by atoms with Gasteiger partial charge in [0, 0.05) is 19.3 Å². The highest BCUT2D eigenvalue weighted by atomic mass is 15.1. The first-order valence-electron chi connectivity index (χ1n) is 9.27. The third kappa shape index (κ3) is 5.07. The Morgan fingerprint density at radius 2 is 1.71 bits per heavy atom. The van der Waals surface area contributed by atoms with Crippen molar-refractivity contribution >= 4 is 5.69 Å². The lowest BCUT2D eigenvalue weighted by Crippen LogP contribution is -2.34. The van der Waals surface area contributed by atoms with E-state index in [0.29, 0.717) is 0 Å². The van der Waals surface area contributed by atoms with Crippen LogP contribution in [0.1, 0.15) is 43.6 Å². The lowest BCUT2D eigenvalue weighted by molar-refractivity contribution is 0.386. The zero-order valence-corrected chi connectivity index (χ0v) is 14.5. The molecule has 0 unspecified atom stereocenters. The smallest absolute Gasteiger partial charge is 0.0552 e. The quantitative estimate of drug-likeness (QED) is 0.916. The maximum Gasteiger partial charge on any atom is 0.0552 e. The zero-order valence-electron chi connectivity index (χ0n) is 14.5. The van der Waals surface area contributed by atoms with Crippen molar-refractivity contribution in [2.45, 2.75) is 38.0 Å². The van der Waals surface area contributed by atoms with Crippen molar-refractivity contribution in [2.24, 2.45) is 11.7 Å². The molecule has 1 saturated heterocycles. The van der Waals surface area contributed by atoms with E-state index in [1.165, 1.54) is 43.4 Å². The summed E-state index contributed by atoms with van der Waals surface area (Å²) in [5, 5.41) is 0. The van der Waals surface area contributed by atoms with E-state index in [9.17, 15) is 0 Å². The molecule has 3 heteroatoms. The van der Waals surface area contributed by atoms with Crippen molar-refractivity contribution in [3.63, 3.8) is 0 Å². The van der Waals surface area contributed by atoms with Crippen LogP contribution in [0.4, 0.5) is 5.69 Å². The number of aromatic nitrogens is 1. The Morgan fingerprint density at radius 3 is 2.29 bits per heavy atom. The molecule has 1 aliphatic carbocycles. The van der Waals surface area contributed by atoms with Crippen molar-refractivity contribution in [3.8, 4) is 0 Å². The average molecular weight is 323 g/mol. The minimum atomic E-state index is 0.831. The van der Waals surface area contributed by atoms with E-state index in [0.717, 1.165) is 31.5 Å². The van der Waals surface area contributed by atoms with Gasteiger partial charge in [-0.25, -0.2) is 0 Å². The normalized spacial score (nSPS) is 18.0. The second-order valence-electron chi connectivity index (χ2n) is 6.90. The minimum Gasteiger partial charge on any atom is -0.370 e. The van der Waals surface area contributed by atoms with Gasteiger partial charge in [0.1, 0.15) is 0 Å². The lowest BCUT2D eigenvalue weighted by atomic mass is 9.93. The number of piperidine rings is 1. The number of pyridine rings is 1. The molecule has 128 valence electrons. The van der Waals surface area contributed by atoms with E-state index in [2.05, 4.69) is 46.3 Å². The average Bonchev–Trinajstić information content (AvgIpc) is 3.50. The van der Waals surface area contributed by atoms with Crippen LogP contribution >= 0.6 is 0 Å². The van der Waals surface area contributed by atoms with Crippen molar-refractivity contribution in [3.05, 3.63) is 60.4 Å². The molecule has 3 nitrogen and oxygen atoms in total. The molecule has 1 aromatic heterocycles. The van der Waals surface area contributed by atoms with Gasteiger partial charge in [-0.1, -0.05) is 30.3 Å². The number of anilines is 1. The Morgan fingerprint density at radius 1 is 0.958 bits per heavy atom. The summed E-state index contributed by atoms with van der Waals surface area (Å²) in [6, 6.07) is 14.9. The minimum absolute atomic E-state index is 0.831. The number of hydrogen-bond acceptors (Lipinski definition) is 3. The molecule has 2 fully saturated rings. The van der Waals surface area contributed by atoms with Crippen LogP contribution in [0.25, 0.3) is 0 Å². The zero-order chi connectivity index (χ0) is 16.6. The van der Waals surface area contributed by atoms with E-state index in [4.69, 9.17) is 5.73 Å². The number of nitrogens with zero attached hydrogens (tertiary/aromatic N) is 2. The summed E-state index contributed by atoms with van der Waals surface area (Å²) in [6.45, 7) is 3.13. The Balaban J connectivity index is 0.000000159. The van der Waals surface area contributed by atoms with Gasteiger partial charge in [-0.15, -0.1) is 0 Å². The van der Waals surface area contributed by atoms with Crippen molar-refractivity contribution < 1.29 is 0 Å². The van der Waals surface area contributed by atoms with Gasteiger partial charge >= 0.3 is 0 Å². The molecular formula is C21H29N3. The van der Waals surface area contributed by atoms with Crippen LogP contribution < -0.4 is 10.6 Å². The van der Waals surface area contributed by atoms with E-state index < -0.39 is 0 Å². The molecule has 0 bridgehead atoms. The second kappa shape index (κ2) is 8.84. The Kier molecular flexibility index (Phi) is 6.25. The largest absolute Gasteiger partial charge is 0.370 e. The molecule has 2 aromatic rings. The van der Waals surface area contributed by atoms with Crippen molar-refractivity contribution in [1.29, 1.82) is 0 Å². The van der Waals surface area contributed by atoms with E-state index in [-0.39, 0.29) is 0 Å². The summed E-state index contributed by atoms with van der Waals surface area (Å²) in [6.07, 6.45) is 10.3. The predicted molar refractivity (Wildman–Crippen MR) is 101 cm³/mol. The third-order valence-corrected chi connectivity index (χ3v) is 5.05. The molecule has 0 spiro atoms. The molecule has 1 aliphatic heterocycles. The maximum absolute atomic E-state index is 5.58. The van der Waals surface area contributed by atoms with Gasteiger partial charge in [0.25, 0.3) is 0 Å². The van der Waals surface area contributed by atoms with Gasteiger partial charge in [-0.2, -0.15) is 0 Å². The first-order valence-corrected chi connectivity index (χ1v) is 9.27. The molecule has 0 amide bonds. The highest BCUT2D eigenvalue weighted by Crippen LogP contribution is 2.39. The Hall–Kier alpha value is -1.87. The van der Waals surface area contributed by atoms with Gasteiger partial charge in [0.15, 0.2) is 0 Å². The number of hydrogen-bond donors (Lipinski definition) is 1. The standard InChI is InChI=1S/C12H19N3.C9H10/c13-6-3-11-4-8-15(9-5-11)12-2-1-7-14-10-12;1-2-4-8(5-3-1)9-6-7-9/h1-2,7,10-11H,3-6,8-9,13H2;1-5,9H,6-7H2. The first-order chi connectivity index (χ1) is 11.9. The van der Waals surface area contributed by atoms with Crippen LogP contribution in [0.2, 0.25) is 0 Å². The summed E-state index contributed by atoms with van der Waals surface area (Å²) < 4.78 is 0.